The quantitative estimate of drug-likeness (QED) is 0.831. The zero-order chi connectivity index (χ0) is 13.2. The van der Waals surface area contributed by atoms with Crippen molar-refractivity contribution in [2.45, 2.75) is 24.6 Å². The minimum Gasteiger partial charge on any atom is -0.326 e. The van der Waals surface area contributed by atoms with Crippen molar-refractivity contribution in [3.05, 3.63) is 28.7 Å². The van der Waals surface area contributed by atoms with Crippen molar-refractivity contribution < 1.29 is 8.42 Å². The van der Waals surface area contributed by atoms with Crippen LogP contribution in [0.2, 0.25) is 0 Å². The maximum absolute atomic E-state index is 12.2. The second-order valence-electron chi connectivity index (χ2n) is 4.09. The van der Waals surface area contributed by atoms with Crippen LogP contribution in [-0.4, -0.2) is 26.3 Å². The molecule has 0 saturated carbocycles. The highest BCUT2D eigenvalue weighted by atomic mass is 32.2. The van der Waals surface area contributed by atoms with E-state index in [1.54, 1.807) is 20.0 Å². The second-order valence-corrected chi connectivity index (χ2v) is 7.50. The van der Waals surface area contributed by atoms with Crippen molar-refractivity contribution in [3.8, 4) is 0 Å². The maximum Gasteiger partial charge on any atom is 0.252 e. The molecule has 1 rings (SSSR count). The molecule has 17 heavy (non-hydrogen) atoms. The number of nitrogens with zero attached hydrogens (tertiary/aromatic N) is 1. The van der Waals surface area contributed by atoms with Crippen LogP contribution in [0.25, 0.3) is 0 Å². The standard InChI is InChI=1S/C11H18N2O2S2/c1-8(2)7-13(4)17(14,15)11-5-9(3)10(6-12)16-11/h5H,1,6-7,12H2,2-4H3. The van der Waals surface area contributed by atoms with Gasteiger partial charge in [0.1, 0.15) is 4.21 Å². The number of aryl methyl sites for hydroxylation is 1. The van der Waals surface area contributed by atoms with Crippen LogP contribution in [0.4, 0.5) is 0 Å². The molecule has 96 valence electrons. The minimum absolute atomic E-state index is 0.331. The monoisotopic (exact) mass is 274 g/mol. The Bertz CT molecular complexity index is 518. The molecule has 0 saturated heterocycles. The summed E-state index contributed by atoms with van der Waals surface area (Å²) >= 11 is 1.24. The van der Waals surface area contributed by atoms with E-state index in [9.17, 15) is 8.42 Å². The maximum atomic E-state index is 12.2. The molecule has 0 amide bonds. The number of sulfonamides is 1. The first-order valence-corrected chi connectivity index (χ1v) is 7.44. The summed E-state index contributed by atoms with van der Waals surface area (Å²) < 4.78 is 26.1. The van der Waals surface area contributed by atoms with E-state index in [-0.39, 0.29) is 0 Å². The number of likely N-dealkylation sites (N-methyl/N-ethyl adjacent to an activating group) is 1. The van der Waals surface area contributed by atoms with E-state index in [0.29, 0.717) is 17.3 Å². The third-order valence-electron chi connectivity index (χ3n) is 2.34. The van der Waals surface area contributed by atoms with Crippen molar-refractivity contribution in [3.63, 3.8) is 0 Å². The van der Waals surface area contributed by atoms with E-state index in [4.69, 9.17) is 5.73 Å². The lowest BCUT2D eigenvalue weighted by Gasteiger charge is -2.15. The Balaban J connectivity index is 3.08. The molecule has 4 nitrogen and oxygen atoms in total. The van der Waals surface area contributed by atoms with Crippen molar-refractivity contribution in [2.24, 2.45) is 5.73 Å². The van der Waals surface area contributed by atoms with Gasteiger partial charge < -0.3 is 5.73 Å². The molecule has 0 spiro atoms. The first-order valence-electron chi connectivity index (χ1n) is 5.19. The van der Waals surface area contributed by atoms with Crippen molar-refractivity contribution >= 4 is 21.4 Å². The van der Waals surface area contributed by atoms with Crippen LogP contribution in [0.5, 0.6) is 0 Å². The van der Waals surface area contributed by atoms with E-state index in [1.165, 1.54) is 15.6 Å². The lowest BCUT2D eigenvalue weighted by molar-refractivity contribution is 0.495. The highest BCUT2D eigenvalue weighted by Crippen LogP contribution is 2.27. The van der Waals surface area contributed by atoms with E-state index in [0.717, 1.165) is 16.0 Å². The molecule has 0 atom stereocenters. The van der Waals surface area contributed by atoms with Crippen LogP contribution in [0, 0.1) is 6.92 Å². The van der Waals surface area contributed by atoms with Gasteiger partial charge in [-0.3, -0.25) is 0 Å². The number of nitrogens with two attached hydrogens (primary N) is 1. The summed E-state index contributed by atoms with van der Waals surface area (Å²) in [5.74, 6) is 0. The predicted molar refractivity (Wildman–Crippen MR) is 71.6 cm³/mol. The molecule has 1 aromatic rings. The Labute approximate surface area is 107 Å². The molecule has 0 aliphatic rings. The van der Waals surface area contributed by atoms with Crippen LogP contribution in [0.1, 0.15) is 17.4 Å². The van der Waals surface area contributed by atoms with Gasteiger partial charge >= 0.3 is 0 Å². The molecule has 0 bridgehead atoms. The van der Waals surface area contributed by atoms with Crippen LogP contribution >= 0.6 is 11.3 Å². The Kier molecular flexibility index (Phi) is 4.48. The average Bonchev–Trinajstić information content (AvgIpc) is 2.59. The first kappa shape index (κ1) is 14.4. The molecular formula is C11H18N2O2S2. The molecule has 0 radical (unpaired) electrons. The largest absolute Gasteiger partial charge is 0.326 e. The van der Waals surface area contributed by atoms with Crippen LogP contribution in [-0.2, 0) is 16.6 Å². The minimum atomic E-state index is -3.41. The summed E-state index contributed by atoms with van der Waals surface area (Å²) in [5.41, 5.74) is 7.29. The lowest BCUT2D eigenvalue weighted by atomic mass is 10.3. The summed E-state index contributed by atoms with van der Waals surface area (Å²) in [4.78, 5) is 0.910. The van der Waals surface area contributed by atoms with Gasteiger partial charge in [-0.1, -0.05) is 12.2 Å². The van der Waals surface area contributed by atoms with Gasteiger partial charge in [0.25, 0.3) is 10.0 Å². The van der Waals surface area contributed by atoms with Gasteiger partial charge in [0.05, 0.1) is 0 Å². The predicted octanol–water partition coefficient (Wildman–Crippen LogP) is 1.71. The molecule has 0 unspecified atom stereocenters. The fourth-order valence-electron chi connectivity index (χ4n) is 1.44. The first-order chi connectivity index (χ1) is 7.78. The van der Waals surface area contributed by atoms with Crippen LogP contribution in [0.15, 0.2) is 22.4 Å². The SMILES string of the molecule is C=C(C)CN(C)S(=O)(=O)c1cc(C)c(CN)s1. The van der Waals surface area contributed by atoms with Crippen molar-refractivity contribution in [1.29, 1.82) is 0 Å². The summed E-state index contributed by atoms with van der Waals surface area (Å²) in [7, 11) is -1.85. The average molecular weight is 274 g/mol. The normalized spacial score (nSPS) is 12.1. The molecule has 6 heteroatoms. The number of hydrogen-bond donors (Lipinski definition) is 1. The van der Waals surface area contributed by atoms with E-state index in [2.05, 4.69) is 6.58 Å². The lowest BCUT2D eigenvalue weighted by Crippen LogP contribution is -2.27. The van der Waals surface area contributed by atoms with E-state index in [1.807, 2.05) is 6.92 Å². The third-order valence-corrected chi connectivity index (χ3v) is 5.85. The molecule has 1 heterocycles. The van der Waals surface area contributed by atoms with Crippen molar-refractivity contribution in [2.75, 3.05) is 13.6 Å². The smallest absolute Gasteiger partial charge is 0.252 e. The Morgan fingerprint density at radius 3 is 2.59 bits per heavy atom. The van der Waals surface area contributed by atoms with Gasteiger partial charge in [0, 0.05) is 25.0 Å². The molecular weight excluding hydrogens is 256 g/mol. The number of thiophene rings is 1. The van der Waals surface area contributed by atoms with Gasteiger partial charge in [-0.2, -0.15) is 4.31 Å². The molecule has 2 N–H and O–H groups in total. The fourth-order valence-corrected chi connectivity index (χ4v) is 4.35. The van der Waals surface area contributed by atoms with Gasteiger partial charge in [-0.25, -0.2) is 8.42 Å². The third kappa shape index (κ3) is 3.16. The van der Waals surface area contributed by atoms with Gasteiger partial charge in [0.15, 0.2) is 0 Å². The number of hydrogen-bond acceptors (Lipinski definition) is 4. The van der Waals surface area contributed by atoms with Gasteiger partial charge in [0.2, 0.25) is 0 Å². The molecule has 1 aromatic heterocycles. The summed E-state index contributed by atoms with van der Waals surface area (Å²) in [6.45, 7) is 8.09. The topological polar surface area (TPSA) is 63.4 Å². The Morgan fingerprint density at radius 1 is 1.59 bits per heavy atom. The molecule has 0 aromatic carbocycles. The highest BCUT2D eigenvalue weighted by molar-refractivity contribution is 7.91. The molecule has 0 fully saturated rings. The van der Waals surface area contributed by atoms with Crippen LogP contribution < -0.4 is 5.73 Å². The fraction of sp³-hybridized carbons (Fsp3) is 0.455. The summed E-state index contributed by atoms with van der Waals surface area (Å²) in [5, 5.41) is 0. The zero-order valence-corrected chi connectivity index (χ0v) is 12.0. The summed E-state index contributed by atoms with van der Waals surface area (Å²) in [6, 6.07) is 1.68. The van der Waals surface area contributed by atoms with E-state index < -0.39 is 10.0 Å². The number of rotatable bonds is 5. The molecule has 0 aliphatic heterocycles. The second kappa shape index (κ2) is 5.30. The zero-order valence-electron chi connectivity index (χ0n) is 10.4. The Hall–Kier alpha value is -0.690. The summed E-state index contributed by atoms with van der Waals surface area (Å²) in [6.07, 6.45) is 0. The molecule has 0 aliphatic carbocycles. The van der Waals surface area contributed by atoms with Crippen LogP contribution in [0.3, 0.4) is 0 Å². The Morgan fingerprint density at radius 2 is 2.18 bits per heavy atom. The van der Waals surface area contributed by atoms with Crippen molar-refractivity contribution in [1.82, 2.24) is 4.31 Å². The van der Waals surface area contributed by atoms with Gasteiger partial charge in [-0.05, 0) is 25.5 Å². The highest BCUT2D eigenvalue weighted by Gasteiger charge is 2.23. The van der Waals surface area contributed by atoms with Gasteiger partial charge in [-0.15, -0.1) is 11.3 Å². The van der Waals surface area contributed by atoms with E-state index >= 15 is 0 Å².